The highest BCUT2D eigenvalue weighted by atomic mass is 79.9. The number of rotatable bonds is 5. The van der Waals surface area contributed by atoms with E-state index in [0.29, 0.717) is 16.1 Å². The lowest BCUT2D eigenvalue weighted by atomic mass is 10.2. The Bertz CT molecular complexity index is 943. The number of aromatic nitrogens is 1. The minimum atomic E-state index is -0.885. The number of ether oxygens (including phenoxy) is 1. The molecule has 1 heterocycles. The molecule has 0 aliphatic heterocycles. The summed E-state index contributed by atoms with van der Waals surface area (Å²) in [7, 11) is 0. The Hall–Kier alpha value is -2.32. The minimum absolute atomic E-state index is 0.218. The standard InChI is InChI=1S/C18H14BrFN2O3S/c1-2-22(18-21-14-5-3-4-6-15(14)26-18)16(23)10-25-17(24)12-8-7-11(19)9-13(12)20/h3-9H,2,10H2,1H3. The molecule has 3 aromatic rings. The zero-order chi connectivity index (χ0) is 18.7. The van der Waals surface area contributed by atoms with Crippen LogP contribution in [0.3, 0.4) is 0 Å². The van der Waals surface area contributed by atoms with Crippen molar-refractivity contribution in [3.63, 3.8) is 0 Å². The van der Waals surface area contributed by atoms with Gasteiger partial charge in [0.05, 0.1) is 15.8 Å². The number of esters is 1. The van der Waals surface area contributed by atoms with Crippen molar-refractivity contribution in [2.75, 3.05) is 18.1 Å². The Labute approximate surface area is 161 Å². The van der Waals surface area contributed by atoms with E-state index in [9.17, 15) is 14.0 Å². The summed E-state index contributed by atoms with van der Waals surface area (Å²) in [5.41, 5.74) is 0.580. The van der Waals surface area contributed by atoms with Gasteiger partial charge in [-0.25, -0.2) is 14.2 Å². The molecule has 0 radical (unpaired) electrons. The van der Waals surface area contributed by atoms with Crippen LogP contribution in [-0.2, 0) is 9.53 Å². The summed E-state index contributed by atoms with van der Waals surface area (Å²) in [6, 6.07) is 11.6. The third kappa shape index (κ3) is 3.91. The number of halogens is 2. The number of thiazole rings is 1. The van der Waals surface area contributed by atoms with Gasteiger partial charge >= 0.3 is 5.97 Å². The molecular weight excluding hydrogens is 423 g/mol. The summed E-state index contributed by atoms with van der Waals surface area (Å²) in [4.78, 5) is 30.3. The Balaban J connectivity index is 1.70. The molecule has 3 rings (SSSR count). The van der Waals surface area contributed by atoms with Crippen LogP contribution >= 0.6 is 27.3 Å². The molecule has 0 bridgehead atoms. The summed E-state index contributed by atoms with van der Waals surface area (Å²) in [5.74, 6) is -2.02. The molecule has 8 heteroatoms. The molecule has 5 nitrogen and oxygen atoms in total. The number of likely N-dealkylation sites (N-methyl/N-ethyl adjacent to an activating group) is 1. The Morgan fingerprint density at radius 2 is 2.04 bits per heavy atom. The van der Waals surface area contributed by atoms with Crippen molar-refractivity contribution in [2.24, 2.45) is 0 Å². The highest BCUT2D eigenvalue weighted by Crippen LogP contribution is 2.28. The first-order chi connectivity index (χ1) is 12.5. The number of hydrogen-bond acceptors (Lipinski definition) is 5. The molecule has 0 atom stereocenters. The van der Waals surface area contributed by atoms with Crippen LogP contribution in [0.25, 0.3) is 10.2 Å². The van der Waals surface area contributed by atoms with Crippen molar-refractivity contribution in [2.45, 2.75) is 6.92 Å². The quantitative estimate of drug-likeness (QED) is 0.555. The predicted octanol–water partition coefficient (Wildman–Crippen LogP) is 4.41. The topological polar surface area (TPSA) is 59.5 Å². The molecule has 26 heavy (non-hydrogen) atoms. The minimum Gasteiger partial charge on any atom is -0.452 e. The fraction of sp³-hybridized carbons (Fsp3) is 0.167. The molecule has 0 saturated heterocycles. The van der Waals surface area contributed by atoms with E-state index < -0.39 is 24.3 Å². The van der Waals surface area contributed by atoms with Gasteiger partial charge in [0, 0.05) is 11.0 Å². The lowest BCUT2D eigenvalue weighted by Crippen LogP contribution is -2.34. The van der Waals surface area contributed by atoms with Gasteiger partial charge in [-0.3, -0.25) is 9.69 Å². The van der Waals surface area contributed by atoms with E-state index in [1.54, 1.807) is 6.92 Å². The third-order valence-electron chi connectivity index (χ3n) is 3.61. The molecule has 0 aliphatic carbocycles. The molecule has 134 valence electrons. The summed E-state index contributed by atoms with van der Waals surface area (Å²) >= 11 is 4.50. The summed E-state index contributed by atoms with van der Waals surface area (Å²) in [5, 5.41) is 0.532. The molecule has 1 amide bonds. The zero-order valence-corrected chi connectivity index (χ0v) is 16.1. The second-order valence-electron chi connectivity index (χ2n) is 5.30. The van der Waals surface area contributed by atoms with Crippen molar-refractivity contribution in [3.8, 4) is 0 Å². The van der Waals surface area contributed by atoms with Crippen LogP contribution in [0, 0.1) is 5.82 Å². The maximum absolute atomic E-state index is 13.8. The summed E-state index contributed by atoms with van der Waals surface area (Å²) in [6.07, 6.45) is 0. The molecule has 1 aromatic heterocycles. The highest BCUT2D eigenvalue weighted by molar-refractivity contribution is 9.10. The number of nitrogens with zero attached hydrogens (tertiary/aromatic N) is 2. The number of para-hydroxylation sites is 1. The smallest absolute Gasteiger partial charge is 0.341 e. The summed E-state index contributed by atoms with van der Waals surface area (Å²) < 4.78 is 20.2. The molecular formula is C18H14BrFN2O3S. The fourth-order valence-corrected chi connectivity index (χ4v) is 3.71. The van der Waals surface area contributed by atoms with Gasteiger partial charge in [-0.05, 0) is 37.3 Å². The van der Waals surface area contributed by atoms with E-state index in [1.165, 1.54) is 28.4 Å². The lowest BCUT2D eigenvalue weighted by Gasteiger charge is -2.17. The molecule has 0 spiro atoms. The second-order valence-corrected chi connectivity index (χ2v) is 7.23. The molecule has 0 fully saturated rings. The van der Waals surface area contributed by atoms with Gasteiger partial charge in [0.2, 0.25) is 0 Å². The fourth-order valence-electron chi connectivity index (χ4n) is 2.33. The second kappa shape index (κ2) is 7.92. The molecule has 2 aromatic carbocycles. The van der Waals surface area contributed by atoms with Crippen LogP contribution < -0.4 is 4.90 Å². The maximum Gasteiger partial charge on any atom is 0.341 e. The van der Waals surface area contributed by atoms with Crippen molar-refractivity contribution in [1.29, 1.82) is 0 Å². The molecule has 0 aliphatic rings. The monoisotopic (exact) mass is 436 g/mol. The van der Waals surface area contributed by atoms with E-state index >= 15 is 0 Å². The predicted molar refractivity (Wildman–Crippen MR) is 102 cm³/mol. The Morgan fingerprint density at radius 1 is 1.27 bits per heavy atom. The lowest BCUT2D eigenvalue weighted by molar-refractivity contribution is -0.121. The number of carbonyl (C=O) groups is 2. The number of hydrogen-bond donors (Lipinski definition) is 0. The first-order valence-corrected chi connectivity index (χ1v) is 9.38. The highest BCUT2D eigenvalue weighted by Gasteiger charge is 2.21. The van der Waals surface area contributed by atoms with Crippen LogP contribution in [0.15, 0.2) is 46.9 Å². The van der Waals surface area contributed by atoms with Crippen LogP contribution in [0.2, 0.25) is 0 Å². The van der Waals surface area contributed by atoms with E-state index in [4.69, 9.17) is 4.74 Å². The zero-order valence-electron chi connectivity index (χ0n) is 13.7. The van der Waals surface area contributed by atoms with Crippen molar-refractivity contribution in [3.05, 3.63) is 58.3 Å². The number of benzene rings is 2. The van der Waals surface area contributed by atoms with Gasteiger partial charge in [0.15, 0.2) is 11.7 Å². The van der Waals surface area contributed by atoms with E-state index in [1.807, 2.05) is 24.3 Å². The Kier molecular flexibility index (Phi) is 5.63. The molecule has 0 N–H and O–H groups in total. The largest absolute Gasteiger partial charge is 0.452 e. The number of amides is 1. The number of anilines is 1. The van der Waals surface area contributed by atoms with Gasteiger partial charge in [-0.15, -0.1) is 0 Å². The first-order valence-electron chi connectivity index (χ1n) is 7.77. The van der Waals surface area contributed by atoms with Gasteiger partial charge in [0.1, 0.15) is 5.82 Å². The van der Waals surface area contributed by atoms with Gasteiger partial charge in [0.25, 0.3) is 5.91 Å². The van der Waals surface area contributed by atoms with E-state index in [2.05, 4.69) is 20.9 Å². The first kappa shape index (κ1) is 18.5. The van der Waals surface area contributed by atoms with E-state index in [0.717, 1.165) is 16.3 Å². The number of fused-ring (bicyclic) bond motifs is 1. The average molecular weight is 437 g/mol. The van der Waals surface area contributed by atoms with Gasteiger partial charge < -0.3 is 4.74 Å². The van der Waals surface area contributed by atoms with Crippen LogP contribution in [0.5, 0.6) is 0 Å². The average Bonchev–Trinajstić information content (AvgIpc) is 3.04. The maximum atomic E-state index is 13.8. The third-order valence-corrected chi connectivity index (χ3v) is 5.16. The summed E-state index contributed by atoms with van der Waals surface area (Å²) in [6.45, 7) is 1.70. The van der Waals surface area contributed by atoms with Crippen molar-refractivity contribution < 1.29 is 18.7 Å². The van der Waals surface area contributed by atoms with Crippen LogP contribution in [0.4, 0.5) is 9.52 Å². The van der Waals surface area contributed by atoms with Crippen molar-refractivity contribution >= 4 is 54.5 Å². The van der Waals surface area contributed by atoms with Gasteiger partial charge in [-0.1, -0.05) is 39.4 Å². The Morgan fingerprint density at radius 3 is 2.73 bits per heavy atom. The van der Waals surface area contributed by atoms with Gasteiger partial charge in [-0.2, -0.15) is 0 Å². The van der Waals surface area contributed by atoms with Crippen LogP contribution in [0.1, 0.15) is 17.3 Å². The number of carbonyl (C=O) groups excluding carboxylic acids is 2. The van der Waals surface area contributed by atoms with Crippen LogP contribution in [-0.4, -0.2) is 30.0 Å². The van der Waals surface area contributed by atoms with Crippen molar-refractivity contribution in [1.82, 2.24) is 4.98 Å². The van der Waals surface area contributed by atoms with E-state index in [-0.39, 0.29) is 5.56 Å². The SMILES string of the molecule is CCN(C(=O)COC(=O)c1ccc(Br)cc1F)c1nc2ccccc2s1. The molecule has 0 unspecified atom stereocenters. The normalized spacial score (nSPS) is 10.7. The molecule has 0 saturated carbocycles.